The summed E-state index contributed by atoms with van der Waals surface area (Å²) in [5.74, 6) is -3.54. The first-order chi connectivity index (χ1) is 11.5. The van der Waals surface area contributed by atoms with Crippen molar-refractivity contribution in [1.29, 1.82) is 0 Å². The number of allylic oxidation sites excluding steroid dienone is 2. The van der Waals surface area contributed by atoms with Crippen LogP contribution in [-0.4, -0.2) is 11.1 Å². The van der Waals surface area contributed by atoms with Crippen LogP contribution in [0.15, 0.2) is 36.4 Å². The fraction of sp³-hybridized carbons (Fsp3) is 0.250. The fourth-order valence-electron chi connectivity index (χ4n) is 3.18. The molecule has 0 bridgehead atoms. The number of fused-ring (bicyclic) bond motifs is 1. The number of benzene rings is 2. The number of hydrogen-bond acceptors (Lipinski definition) is 1. The van der Waals surface area contributed by atoms with Crippen LogP contribution in [-0.2, 0) is 19.3 Å². The van der Waals surface area contributed by atoms with Gasteiger partial charge < -0.3 is 5.11 Å². The number of halogens is 2. The van der Waals surface area contributed by atoms with Gasteiger partial charge in [0.1, 0.15) is 17.2 Å². The van der Waals surface area contributed by atoms with Gasteiger partial charge in [-0.1, -0.05) is 43.7 Å². The van der Waals surface area contributed by atoms with Crippen LogP contribution < -0.4 is 0 Å². The molecule has 2 nitrogen and oxygen atoms in total. The van der Waals surface area contributed by atoms with Crippen LogP contribution in [0.25, 0.3) is 5.57 Å². The van der Waals surface area contributed by atoms with E-state index in [1.165, 1.54) is 5.56 Å². The fourth-order valence-corrected chi connectivity index (χ4v) is 3.18. The summed E-state index contributed by atoms with van der Waals surface area (Å²) in [4.78, 5) is 11.0. The van der Waals surface area contributed by atoms with Crippen LogP contribution in [0.3, 0.4) is 0 Å². The molecular weight excluding hydrogens is 310 g/mol. The molecule has 0 amide bonds. The van der Waals surface area contributed by atoms with E-state index in [9.17, 15) is 13.6 Å². The van der Waals surface area contributed by atoms with E-state index in [-0.39, 0.29) is 12.0 Å². The normalized spacial score (nSPS) is 13.4. The predicted octanol–water partition coefficient (Wildman–Crippen LogP) is 4.80. The van der Waals surface area contributed by atoms with Crippen molar-refractivity contribution in [2.45, 2.75) is 32.6 Å². The van der Waals surface area contributed by atoms with Crippen LogP contribution >= 0.6 is 0 Å². The maximum Gasteiger partial charge on any atom is 0.341 e. The Morgan fingerprint density at radius 3 is 2.54 bits per heavy atom. The molecule has 124 valence electrons. The van der Waals surface area contributed by atoms with Gasteiger partial charge in [0.05, 0.1) is 0 Å². The number of aryl methyl sites for hydroxylation is 1. The van der Waals surface area contributed by atoms with Crippen molar-refractivity contribution in [3.05, 3.63) is 75.9 Å². The summed E-state index contributed by atoms with van der Waals surface area (Å²) in [6.45, 7) is 2.13. The van der Waals surface area contributed by atoms with Crippen molar-refractivity contribution in [1.82, 2.24) is 0 Å². The van der Waals surface area contributed by atoms with Crippen molar-refractivity contribution in [3.63, 3.8) is 0 Å². The highest BCUT2D eigenvalue weighted by Gasteiger charge is 2.25. The number of carboxylic acids is 1. The molecule has 0 aromatic heterocycles. The molecule has 0 atom stereocenters. The Balaban J connectivity index is 1.92. The van der Waals surface area contributed by atoms with E-state index >= 15 is 0 Å². The second-order valence-corrected chi connectivity index (χ2v) is 6.05. The molecule has 0 saturated heterocycles. The lowest BCUT2D eigenvalue weighted by Gasteiger charge is -2.19. The van der Waals surface area contributed by atoms with Crippen LogP contribution in [0.5, 0.6) is 0 Å². The summed E-state index contributed by atoms with van der Waals surface area (Å²) in [7, 11) is 0. The first-order valence-electron chi connectivity index (χ1n) is 8.02. The molecule has 0 aliphatic heterocycles. The molecule has 1 N–H and O–H groups in total. The summed E-state index contributed by atoms with van der Waals surface area (Å²) in [6.07, 6.45) is 4.67. The number of rotatable bonds is 4. The van der Waals surface area contributed by atoms with E-state index in [0.29, 0.717) is 12.0 Å². The van der Waals surface area contributed by atoms with Gasteiger partial charge in [-0.3, -0.25) is 0 Å². The SMILES string of the molecule is CCCc1ccc(C2=CCc3c(cc(F)c(C(=O)O)c3F)C2)cc1. The Hall–Kier alpha value is -2.49. The number of carboxylic acid groups (broad SMARTS) is 1. The molecule has 1 aliphatic carbocycles. The smallest absolute Gasteiger partial charge is 0.341 e. The summed E-state index contributed by atoms with van der Waals surface area (Å²) in [6, 6.07) is 9.36. The topological polar surface area (TPSA) is 37.3 Å². The second kappa shape index (κ2) is 6.56. The number of hydrogen-bond donors (Lipinski definition) is 1. The zero-order valence-corrected chi connectivity index (χ0v) is 13.4. The van der Waals surface area contributed by atoms with Crippen molar-refractivity contribution < 1.29 is 18.7 Å². The van der Waals surface area contributed by atoms with Gasteiger partial charge in [-0.15, -0.1) is 0 Å². The van der Waals surface area contributed by atoms with Gasteiger partial charge in [0.15, 0.2) is 0 Å². The van der Waals surface area contributed by atoms with Gasteiger partial charge in [-0.25, -0.2) is 13.6 Å². The van der Waals surface area contributed by atoms with E-state index in [2.05, 4.69) is 19.1 Å². The zero-order valence-electron chi connectivity index (χ0n) is 13.4. The highest BCUT2D eigenvalue weighted by molar-refractivity contribution is 5.89. The van der Waals surface area contributed by atoms with E-state index in [1.807, 2.05) is 18.2 Å². The molecule has 0 spiro atoms. The van der Waals surface area contributed by atoms with Gasteiger partial charge in [0.2, 0.25) is 0 Å². The zero-order chi connectivity index (χ0) is 17.3. The third-order valence-electron chi connectivity index (χ3n) is 4.42. The largest absolute Gasteiger partial charge is 0.477 e. The third-order valence-corrected chi connectivity index (χ3v) is 4.42. The minimum Gasteiger partial charge on any atom is -0.477 e. The highest BCUT2D eigenvalue weighted by Crippen LogP contribution is 2.32. The average Bonchev–Trinajstić information content (AvgIpc) is 2.55. The minimum atomic E-state index is -1.57. The van der Waals surface area contributed by atoms with Gasteiger partial charge in [0, 0.05) is 0 Å². The number of carbonyl (C=O) groups is 1. The molecule has 0 heterocycles. The van der Waals surface area contributed by atoms with Gasteiger partial charge >= 0.3 is 5.97 Å². The van der Waals surface area contributed by atoms with Crippen LogP contribution in [0.1, 0.15) is 46.0 Å². The Labute approximate surface area is 139 Å². The van der Waals surface area contributed by atoms with Gasteiger partial charge in [0.25, 0.3) is 0 Å². The van der Waals surface area contributed by atoms with E-state index in [1.54, 1.807) is 0 Å². The quantitative estimate of drug-likeness (QED) is 0.875. The monoisotopic (exact) mass is 328 g/mol. The van der Waals surface area contributed by atoms with Crippen molar-refractivity contribution >= 4 is 11.5 Å². The summed E-state index contributed by atoms with van der Waals surface area (Å²) >= 11 is 0. The molecule has 0 fully saturated rings. The maximum atomic E-state index is 14.3. The van der Waals surface area contributed by atoms with Crippen LogP contribution in [0.2, 0.25) is 0 Å². The summed E-state index contributed by atoms with van der Waals surface area (Å²) in [5.41, 5.74) is 3.23. The Bertz CT molecular complexity index is 821. The van der Waals surface area contributed by atoms with Crippen LogP contribution in [0, 0.1) is 11.6 Å². The van der Waals surface area contributed by atoms with Gasteiger partial charge in [-0.2, -0.15) is 0 Å². The lowest BCUT2D eigenvalue weighted by Crippen LogP contribution is -2.13. The van der Waals surface area contributed by atoms with Crippen molar-refractivity contribution in [3.8, 4) is 0 Å². The molecule has 0 unspecified atom stereocenters. The maximum absolute atomic E-state index is 14.3. The number of aromatic carboxylic acids is 1. The van der Waals surface area contributed by atoms with Crippen molar-refractivity contribution in [2.75, 3.05) is 0 Å². The van der Waals surface area contributed by atoms with E-state index in [4.69, 9.17) is 5.11 Å². The van der Waals surface area contributed by atoms with Crippen LogP contribution in [0.4, 0.5) is 8.78 Å². The molecular formula is C20H18F2O2. The highest BCUT2D eigenvalue weighted by atomic mass is 19.1. The van der Waals surface area contributed by atoms with E-state index < -0.39 is 23.2 Å². The Morgan fingerprint density at radius 1 is 1.21 bits per heavy atom. The molecule has 2 aromatic rings. The lowest BCUT2D eigenvalue weighted by molar-refractivity contribution is 0.0686. The Morgan fingerprint density at radius 2 is 1.92 bits per heavy atom. The Kier molecular flexibility index (Phi) is 4.47. The molecule has 2 aromatic carbocycles. The molecule has 1 aliphatic rings. The van der Waals surface area contributed by atoms with E-state index in [0.717, 1.165) is 30.0 Å². The molecule has 24 heavy (non-hydrogen) atoms. The molecule has 3 rings (SSSR count). The van der Waals surface area contributed by atoms with Gasteiger partial charge in [-0.05, 0) is 53.2 Å². The predicted molar refractivity (Wildman–Crippen MR) is 89.1 cm³/mol. The first kappa shape index (κ1) is 16.4. The van der Waals surface area contributed by atoms with Crippen molar-refractivity contribution in [2.24, 2.45) is 0 Å². The lowest BCUT2D eigenvalue weighted by atomic mass is 9.86. The molecule has 0 radical (unpaired) electrons. The second-order valence-electron chi connectivity index (χ2n) is 6.05. The summed E-state index contributed by atoms with van der Waals surface area (Å²) < 4.78 is 28.2. The standard InChI is InChI=1S/C20H18F2O2/c1-2-3-12-4-6-13(7-5-12)14-8-9-16-15(10-14)11-17(21)18(19(16)22)20(23)24/h4-8,11H,2-3,9-10H2,1H3,(H,23,24). The molecule has 0 saturated carbocycles. The summed E-state index contributed by atoms with van der Waals surface area (Å²) in [5, 5.41) is 8.95. The first-order valence-corrected chi connectivity index (χ1v) is 8.02. The average molecular weight is 328 g/mol. The minimum absolute atomic E-state index is 0.272. The third kappa shape index (κ3) is 2.96. The molecule has 4 heteroatoms.